The second-order valence-corrected chi connectivity index (χ2v) is 5.65. The number of nitrogens with zero attached hydrogens (tertiary/aromatic N) is 2. The van der Waals surface area contributed by atoms with Crippen LogP contribution in [0.15, 0.2) is 57.5 Å². The van der Waals surface area contributed by atoms with E-state index in [9.17, 15) is 0 Å². The lowest BCUT2D eigenvalue weighted by molar-refractivity contribution is 0.380. The zero-order valence-electron chi connectivity index (χ0n) is 11.3. The van der Waals surface area contributed by atoms with Crippen LogP contribution in [0.5, 0.6) is 0 Å². The fourth-order valence-corrected chi connectivity index (χ4v) is 2.48. The Kier molecular flexibility index (Phi) is 4.01. The molecule has 21 heavy (non-hydrogen) atoms. The molecule has 0 unspecified atom stereocenters. The predicted octanol–water partition coefficient (Wildman–Crippen LogP) is 3.60. The summed E-state index contributed by atoms with van der Waals surface area (Å²) in [7, 11) is 0. The fourth-order valence-electron chi connectivity index (χ4n) is 2.06. The summed E-state index contributed by atoms with van der Waals surface area (Å²) in [4.78, 5) is 4.43. The van der Waals surface area contributed by atoms with E-state index in [1.807, 2.05) is 48.5 Å². The van der Waals surface area contributed by atoms with Crippen LogP contribution < -0.4 is 5.73 Å². The minimum absolute atomic E-state index is 0.613. The number of benzene rings is 2. The topological polar surface area (TPSA) is 64.9 Å². The molecule has 106 valence electrons. The lowest BCUT2D eigenvalue weighted by Gasteiger charge is -1.99. The zero-order chi connectivity index (χ0) is 14.7. The van der Waals surface area contributed by atoms with Gasteiger partial charge < -0.3 is 10.3 Å². The van der Waals surface area contributed by atoms with Gasteiger partial charge in [0, 0.05) is 16.6 Å². The molecule has 0 bridgehead atoms. The summed E-state index contributed by atoms with van der Waals surface area (Å²) in [6.45, 7) is 0. The molecule has 5 heteroatoms. The van der Waals surface area contributed by atoms with Crippen molar-refractivity contribution in [1.29, 1.82) is 0 Å². The van der Waals surface area contributed by atoms with E-state index >= 15 is 0 Å². The van der Waals surface area contributed by atoms with Crippen molar-refractivity contribution in [2.45, 2.75) is 12.8 Å². The van der Waals surface area contributed by atoms with E-state index in [1.54, 1.807) is 0 Å². The maximum Gasteiger partial charge on any atom is 0.231 e. The fraction of sp³-hybridized carbons (Fsp3) is 0.125. The highest BCUT2D eigenvalue weighted by molar-refractivity contribution is 9.10. The highest BCUT2D eigenvalue weighted by atomic mass is 79.9. The molecule has 3 rings (SSSR count). The maximum atomic E-state index is 5.67. The molecule has 0 saturated heterocycles. The standard InChI is InChI=1S/C16H14BrN3O/c17-14-4-2-1-3-12(14)10-15-19-16(21-20-15)9-11-5-7-13(18)8-6-11/h1-8H,9-10,18H2. The van der Waals surface area contributed by atoms with Crippen molar-refractivity contribution in [1.82, 2.24) is 10.1 Å². The van der Waals surface area contributed by atoms with Gasteiger partial charge in [0.1, 0.15) is 0 Å². The van der Waals surface area contributed by atoms with E-state index in [4.69, 9.17) is 10.3 Å². The van der Waals surface area contributed by atoms with Crippen molar-refractivity contribution in [3.63, 3.8) is 0 Å². The third-order valence-electron chi connectivity index (χ3n) is 3.15. The van der Waals surface area contributed by atoms with Crippen LogP contribution in [0, 0.1) is 0 Å². The van der Waals surface area contributed by atoms with Crippen LogP contribution in [0.2, 0.25) is 0 Å². The molecule has 1 heterocycles. The lowest BCUT2D eigenvalue weighted by Crippen LogP contribution is -1.93. The first kappa shape index (κ1) is 13.8. The number of nitrogens with two attached hydrogens (primary N) is 1. The highest BCUT2D eigenvalue weighted by Gasteiger charge is 2.09. The first-order valence-corrected chi connectivity index (χ1v) is 7.39. The Bertz CT molecular complexity index is 737. The molecule has 0 radical (unpaired) electrons. The molecule has 0 atom stereocenters. The minimum Gasteiger partial charge on any atom is -0.399 e. The Morgan fingerprint density at radius 1 is 1.00 bits per heavy atom. The van der Waals surface area contributed by atoms with Crippen LogP contribution in [0.4, 0.5) is 5.69 Å². The van der Waals surface area contributed by atoms with Crippen LogP contribution in [0.3, 0.4) is 0 Å². The maximum absolute atomic E-state index is 5.67. The average molecular weight is 344 g/mol. The molecular formula is C16H14BrN3O. The number of halogens is 1. The summed E-state index contributed by atoms with van der Waals surface area (Å²) in [5.41, 5.74) is 8.65. The summed E-state index contributed by atoms with van der Waals surface area (Å²) in [6, 6.07) is 15.7. The minimum atomic E-state index is 0.613. The molecule has 0 spiro atoms. The number of hydrogen-bond acceptors (Lipinski definition) is 4. The van der Waals surface area contributed by atoms with Gasteiger partial charge in [-0.05, 0) is 29.3 Å². The van der Waals surface area contributed by atoms with E-state index in [0.29, 0.717) is 24.6 Å². The quantitative estimate of drug-likeness (QED) is 0.735. The van der Waals surface area contributed by atoms with Crippen molar-refractivity contribution in [3.8, 4) is 0 Å². The molecule has 0 aliphatic rings. The Morgan fingerprint density at radius 2 is 1.76 bits per heavy atom. The molecule has 0 fully saturated rings. The number of rotatable bonds is 4. The normalized spacial score (nSPS) is 10.7. The molecule has 0 aliphatic heterocycles. The largest absolute Gasteiger partial charge is 0.399 e. The van der Waals surface area contributed by atoms with Crippen LogP contribution in [0.1, 0.15) is 22.8 Å². The monoisotopic (exact) mass is 343 g/mol. The second-order valence-electron chi connectivity index (χ2n) is 4.79. The molecule has 2 N–H and O–H groups in total. The van der Waals surface area contributed by atoms with Gasteiger partial charge in [-0.2, -0.15) is 4.98 Å². The van der Waals surface area contributed by atoms with Crippen LogP contribution >= 0.6 is 15.9 Å². The van der Waals surface area contributed by atoms with Gasteiger partial charge in [0.2, 0.25) is 5.89 Å². The molecule has 2 aromatic carbocycles. The third-order valence-corrected chi connectivity index (χ3v) is 3.93. The molecule has 1 aromatic heterocycles. The summed E-state index contributed by atoms with van der Waals surface area (Å²) in [5, 5.41) is 4.03. The van der Waals surface area contributed by atoms with Crippen LogP contribution in [-0.2, 0) is 12.8 Å². The SMILES string of the molecule is Nc1ccc(Cc2nc(Cc3ccccc3Br)no2)cc1. The van der Waals surface area contributed by atoms with E-state index < -0.39 is 0 Å². The highest BCUT2D eigenvalue weighted by Crippen LogP contribution is 2.19. The van der Waals surface area contributed by atoms with Crippen molar-refractivity contribution in [2.75, 3.05) is 5.73 Å². The van der Waals surface area contributed by atoms with Gasteiger partial charge in [-0.1, -0.05) is 51.4 Å². The Morgan fingerprint density at radius 3 is 2.52 bits per heavy atom. The van der Waals surface area contributed by atoms with E-state index in [-0.39, 0.29) is 0 Å². The van der Waals surface area contributed by atoms with Crippen LogP contribution in [-0.4, -0.2) is 10.1 Å². The van der Waals surface area contributed by atoms with Crippen molar-refractivity contribution in [3.05, 3.63) is 75.8 Å². The van der Waals surface area contributed by atoms with Crippen LogP contribution in [0.25, 0.3) is 0 Å². The number of nitrogen functional groups attached to an aromatic ring is 1. The van der Waals surface area contributed by atoms with Gasteiger partial charge in [0.15, 0.2) is 5.82 Å². The van der Waals surface area contributed by atoms with E-state index in [2.05, 4.69) is 26.1 Å². The van der Waals surface area contributed by atoms with Gasteiger partial charge in [0.05, 0.1) is 6.42 Å². The first-order valence-electron chi connectivity index (χ1n) is 6.60. The summed E-state index contributed by atoms with van der Waals surface area (Å²) in [5.74, 6) is 1.30. The second kappa shape index (κ2) is 6.10. The molecule has 4 nitrogen and oxygen atoms in total. The zero-order valence-corrected chi connectivity index (χ0v) is 12.9. The average Bonchev–Trinajstić information content (AvgIpc) is 2.91. The smallest absolute Gasteiger partial charge is 0.231 e. The molecule has 3 aromatic rings. The predicted molar refractivity (Wildman–Crippen MR) is 84.9 cm³/mol. The first-order chi connectivity index (χ1) is 10.2. The molecule has 0 saturated carbocycles. The summed E-state index contributed by atoms with van der Waals surface area (Å²) < 4.78 is 6.35. The Hall–Kier alpha value is -2.14. The van der Waals surface area contributed by atoms with Gasteiger partial charge in [-0.25, -0.2) is 0 Å². The van der Waals surface area contributed by atoms with Gasteiger partial charge >= 0.3 is 0 Å². The summed E-state index contributed by atoms with van der Waals surface area (Å²) >= 11 is 3.52. The Balaban J connectivity index is 1.72. The molecule has 0 amide bonds. The third kappa shape index (κ3) is 3.49. The van der Waals surface area contributed by atoms with Crippen molar-refractivity contribution in [2.24, 2.45) is 0 Å². The van der Waals surface area contributed by atoms with Crippen molar-refractivity contribution < 1.29 is 4.52 Å². The molecular weight excluding hydrogens is 330 g/mol. The van der Waals surface area contributed by atoms with Crippen molar-refractivity contribution >= 4 is 21.6 Å². The number of aromatic nitrogens is 2. The van der Waals surface area contributed by atoms with Gasteiger partial charge in [-0.3, -0.25) is 0 Å². The van der Waals surface area contributed by atoms with E-state index in [1.165, 1.54) is 0 Å². The number of hydrogen-bond donors (Lipinski definition) is 1. The van der Waals surface area contributed by atoms with Gasteiger partial charge in [0.25, 0.3) is 0 Å². The molecule has 0 aliphatic carbocycles. The van der Waals surface area contributed by atoms with E-state index in [0.717, 1.165) is 21.3 Å². The lowest BCUT2D eigenvalue weighted by atomic mass is 10.1. The Labute approximate surface area is 131 Å². The summed E-state index contributed by atoms with van der Waals surface area (Å²) in [6.07, 6.45) is 1.26. The number of anilines is 1. The van der Waals surface area contributed by atoms with Gasteiger partial charge in [-0.15, -0.1) is 0 Å².